The first kappa shape index (κ1) is 9.97. The molecule has 1 heterocycles. The second-order valence-electron chi connectivity index (χ2n) is 2.69. The molecule has 0 atom stereocenters. The SMILES string of the molecule is O=C(O)c1oc2ccc(Br)cc2c1I. The van der Waals surface area contributed by atoms with Gasteiger partial charge in [0.2, 0.25) is 5.76 Å². The molecule has 1 aromatic carbocycles. The van der Waals surface area contributed by atoms with Crippen molar-refractivity contribution >= 4 is 55.5 Å². The Labute approximate surface area is 101 Å². The molecule has 0 bridgehead atoms. The summed E-state index contributed by atoms with van der Waals surface area (Å²) >= 11 is 5.29. The number of benzene rings is 1. The summed E-state index contributed by atoms with van der Waals surface area (Å²) in [4.78, 5) is 10.8. The molecule has 0 saturated carbocycles. The molecule has 72 valence electrons. The zero-order valence-corrected chi connectivity index (χ0v) is 10.5. The second kappa shape index (κ2) is 3.54. The van der Waals surface area contributed by atoms with Gasteiger partial charge in [-0.2, -0.15) is 0 Å². The van der Waals surface area contributed by atoms with Crippen LogP contribution in [0.5, 0.6) is 0 Å². The minimum atomic E-state index is -1.04. The molecule has 0 aliphatic rings. The van der Waals surface area contributed by atoms with Crippen molar-refractivity contribution in [2.45, 2.75) is 0 Å². The van der Waals surface area contributed by atoms with Gasteiger partial charge in [-0.05, 0) is 40.8 Å². The van der Waals surface area contributed by atoms with Crippen molar-refractivity contribution in [2.75, 3.05) is 0 Å². The topological polar surface area (TPSA) is 50.4 Å². The Hall–Kier alpha value is -0.560. The van der Waals surface area contributed by atoms with Crippen LogP contribution in [0.25, 0.3) is 11.0 Å². The molecule has 2 rings (SSSR count). The molecular formula is C9H4BrIO3. The monoisotopic (exact) mass is 366 g/mol. The van der Waals surface area contributed by atoms with Crippen LogP contribution in [0.2, 0.25) is 0 Å². The van der Waals surface area contributed by atoms with E-state index in [1.165, 1.54) is 0 Å². The first-order chi connectivity index (χ1) is 6.59. The van der Waals surface area contributed by atoms with Crippen LogP contribution in [0.3, 0.4) is 0 Å². The fourth-order valence-corrected chi connectivity index (χ4v) is 2.30. The Morgan fingerprint density at radius 3 is 2.86 bits per heavy atom. The number of fused-ring (bicyclic) bond motifs is 1. The van der Waals surface area contributed by atoms with Gasteiger partial charge in [0.25, 0.3) is 0 Å². The van der Waals surface area contributed by atoms with Gasteiger partial charge in [-0.1, -0.05) is 15.9 Å². The first-order valence-electron chi connectivity index (χ1n) is 3.70. The number of furan rings is 1. The highest BCUT2D eigenvalue weighted by Crippen LogP contribution is 2.29. The average Bonchev–Trinajstić information content (AvgIpc) is 2.44. The smallest absolute Gasteiger partial charge is 0.372 e. The lowest BCUT2D eigenvalue weighted by Gasteiger charge is -1.89. The third kappa shape index (κ3) is 1.54. The Morgan fingerprint density at radius 1 is 1.50 bits per heavy atom. The Morgan fingerprint density at radius 2 is 2.21 bits per heavy atom. The van der Waals surface area contributed by atoms with E-state index >= 15 is 0 Å². The van der Waals surface area contributed by atoms with E-state index in [9.17, 15) is 4.79 Å². The quantitative estimate of drug-likeness (QED) is 0.786. The van der Waals surface area contributed by atoms with Gasteiger partial charge >= 0.3 is 5.97 Å². The summed E-state index contributed by atoms with van der Waals surface area (Å²) < 4.78 is 6.72. The number of rotatable bonds is 1. The highest BCUT2D eigenvalue weighted by molar-refractivity contribution is 14.1. The molecule has 0 aliphatic heterocycles. The van der Waals surface area contributed by atoms with Gasteiger partial charge in [0.05, 0.1) is 3.57 Å². The maximum atomic E-state index is 10.8. The van der Waals surface area contributed by atoms with Gasteiger partial charge < -0.3 is 9.52 Å². The van der Waals surface area contributed by atoms with E-state index in [2.05, 4.69) is 15.9 Å². The van der Waals surface area contributed by atoms with Crippen molar-refractivity contribution in [3.8, 4) is 0 Å². The van der Waals surface area contributed by atoms with Crippen LogP contribution in [0.1, 0.15) is 10.6 Å². The molecule has 0 saturated heterocycles. The molecule has 0 amide bonds. The molecule has 1 aromatic heterocycles. The van der Waals surface area contributed by atoms with Crippen LogP contribution in [0.15, 0.2) is 27.1 Å². The van der Waals surface area contributed by atoms with E-state index in [4.69, 9.17) is 9.52 Å². The molecular weight excluding hydrogens is 363 g/mol. The number of carbonyl (C=O) groups is 1. The van der Waals surface area contributed by atoms with Crippen molar-refractivity contribution in [3.05, 3.63) is 32.0 Å². The lowest BCUT2D eigenvalue weighted by atomic mass is 10.2. The predicted molar refractivity (Wildman–Crippen MR) is 63.6 cm³/mol. The normalized spacial score (nSPS) is 10.7. The molecule has 0 unspecified atom stereocenters. The summed E-state index contributed by atoms with van der Waals surface area (Å²) in [5.74, 6) is -1.04. The highest BCUT2D eigenvalue weighted by Gasteiger charge is 2.17. The Kier molecular flexibility index (Phi) is 2.52. The van der Waals surface area contributed by atoms with Crippen LogP contribution in [-0.4, -0.2) is 11.1 Å². The van der Waals surface area contributed by atoms with Crippen LogP contribution >= 0.6 is 38.5 Å². The lowest BCUT2D eigenvalue weighted by molar-refractivity contribution is 0.0663. The molecule has 0 radical (unpaired) electrons. The number of halogens is 2. The van der Waals surface area contributed by atoms with Crippen molar-refractivity contribution < 1.29 is 14.3 Å². The molecule has 0 fully saturated rings. The van der Waals surface area contributed by atoms with Crippen LogP contribution < -0.4 is 0 Å². The van der Waals surface area contributed by atoms with Gasteiger partial charge in [0, 0.05) is 9.86 Å². The summed E-state index contributed by atoms with van der Waals surface area (Å²) in [6.45, 7) is 0. The number of aromatic carboxylic acids is 1. The summed E-state index contributed by atoms with van der Waals surface area (Å²) in [6.07, 6.45) is 0. The van der Waals surface area contributed by atoms with E-state index < -0.39 is 5.97 Å². The van der Waals surface area contributed by atoms with Crippen molar-refractivity contribution in [1.82, 2.24) is 0 Å². The van der Waals surface area contributed by atoms with Gasteiger partial charge in [0.1, 0.15) is 5.58 Å². The molecule has 0 spiro atoms. The zero-order chi connectivity index (χ0) is 10.3. The van der Waals surface area contributed by atoms with Crippen LogP contribution in [-0.2, 0) is 0 Å². The van der Waals surface area contributed by atoms with Crippen molar-refractivity contribution in [2.24, 2.45) is 0 Å². The van der Waals surface area contributed by atoms with Crippen molar-refractivity contribution in [1.29, 1.82) is 0 Å². The van der Waals surface area contributed by atoms with E-state index in [1.807, 2.05) is 34.7 Å². The first-order valence-corrected chi connectivity index (χ1v) is 5.57. The summed E-state index contributed by atoms with van der Waals surface area (Å²) in [7, 11) is 0. The minimum absolute atomic E-state index is 0.00120. The number of carboxylic acid groups (broad SMARTS) is 1. The summed E-state index contributed by atoms with van der Waals surface area (Å²) in [5, 5.41) is 9.64. The number of hydrogen-bond donors (Lipinski definition) is 1. The highest BCUT2D eigenvalue weighted by atomic mass is 127. The average molecular weight is 367 g/mol. The van der Waals surface area contributed by atoms with E-state index in [1.54, 1.807) is 6.07 Å². The van der Waals surface area contributed by atoms with Gasteiger partial charge in [-0.25, -0.2) is 4.79 Å². The third-order valence-electron chi connectivity index (χ3n) is 1.78. The lowest BCUT2D eigenvalue weighted by Crippen LogP contribution is -1.94. The fourth-order valence-electron chi connectivity index (χ4n) is 1.18. The maximum Gasteiger partial charge on any atom is 0.372 e. The largest absolute Gasteiger partial charge is 0.475 e. The van der Waals surface area contributed by atoms with Gasteiger partial charge in [-0.3, -0.25) is 0 Å². The standard InChI is InChI=1S/C9H4BrIO3/c10-4-1-2-6-5(3-4)7(11)8(14-6)9(12)13/h1-3H,(H,12,13). The number of carboxylic acids is 1. The fraction of sp³-hybridized carbons (Fsp3) is 0. The Balaban J connectivity index is 2.80. The number of hydrogen-bond acceptors (Lipinski definition) is 2. The van der Waals surface area contributed by atoms with E-state index in [0.29, 0.717) is 9.15 Å². The zero-order valence-electron chi connectivity index (χ0n) is 6.75. The maximum absolute atomic E-state index is 10.8. The van der Waals surface area contributed by atoms with Crippen LogP contribution in [0.4, 0.5) is 0 Å². The van der Waals surface area contributed by atoms with Crippen molar-refractivity contribution in [3.63, 3.8) is 0 Å². The Bertz CT molecular complexity index is 518. The third-order valence-corrected chi connectivity index (χ3v) is 3.35. The molecule has 5 heteroatoms. The predicted octanol–water partition coefficient (Wildman–Crippen LogP) is 3.50. The van der Waals surface area contributed by atoms with E-state index in [0.717, 1.165) is 9.86 Å². The molecule has 3 nitrogen and oxygen atoms in total. The summed E-state index contributed by atoms with van der Waals surface area (Å²) in [5.41, 5.74) is 0.593. The minimum Gasteiger partial charge on any atom is -0.475 e. The van der Waals surface area contributed by atoms with Gasteiger partial charge in [0.15, 0.2) is 0 Å². The molecule has 14 heavy (non-hydrogen) atoms. The van der Waals surface area contributed by atoms with E-state index in [-0.39, 0.29) is 5.76 Å². The second-order valence-corrected chi connectivity index (χ2v) is 4.69. The summed E-state index contributed by atoms with van der Waals surface area (Å²) in [6, 6.07) is 5.40. The molecule has 2 aromatic rings. The molecule has 1 N–H and O–H groups in total. The van der Waals surface area contributed by atoms with Gasteiger partial charge in [-0.15, -0.1) is 0 Å². The van der Waals surface area contributed by atoms with Crippen LogP contribution in [0, 0.1) is 3.57 Å². The molecule has 0 aliphatic carbocycles.